The Morgan fingerprint density at radius 3 is 2.74 bits per heavy atom. The number of hydrogen-bond donors (Lipinski definition) is 1. The van der Waals surface area contributed by atoms with E-state index in [1.165, 1.54) is 0 Å². The fraction of sp³-hybridized carbons (Fsp3) is 0.320. The van der Waals surface area contributed by atoms with Crippen molar-refractivity contribution in [3.8, 4) is 17.2 Å². The fourth-order valence-corrected chi connectivity index (χ4v) is 3.61. The topological polar surface area (TPSA) is 103 Å². The number of carbonyl (C=O) groups is 2. The summed E-state index contributed by atoms with van der Waals surface area (Å²) in [5, 5.41) is 6.70. The van der Waals surface area contributed by atoms with Crippen LogP contribution in [-0.2, 0) is 13.1 Å². The fourth-order valence-electron chi connectivity index (χ4n) is 3.61. The molecule has 0 fully saturated rings. The van der Waals surface area contributed by atoms with E-state index in [1.54, 1.807) is 48.4 Å². The minimum Gasteiger partial charge on any atom is -0.497 e. The number of nitrogens with zero attached hydrogens (tertiary/aromatic N) is 2. The van der Waals surface area contributed by atoms with E-state index >= 15 is 0 Å². The molecule has 0 atom stereocenters. The standard InChI is InChI=1S/C25H27N3O6/c1-16(2)13-28(25(30)18-5-4-6-19(10-18)31-3)14-20-11-21(27-34-20)24(29)26-12-17-7-8-22-23(9-17)33-15-32-22/h4-11,16H,12-15H2,1-3H3,(H,26,29). The third kappa shape index (κ3) is 5.48. The number of ether oxygens (including phenoxy) is 3. The van der Waals surface area contributed by atoms with Gasteiger partial charge in [-0.25, -0.2) is 0 Å². The molecule has 1 N–H and O–H groups in total. The van der Waals surface area contributed by atoms with Gasteiger partial charge in [0.25, 0.3) is 11.8 Å². The largest absolute Gasteiger partial charge is 0.497 e. The molecule has 3 aromatic rings. The van der Waals surface area contributed by atoms with Crippen molar-refractivity contribution >= 4 is 11.8 Å². The molecule has 2 amide bonds. The smallest absolute Gasteiger partial charge is 0.273 e. The van der Waals surface area contributed by atoms with E-state index in [9.17, 15) is 9.59 Å². The van der Waals surface area contributed by atoms with Gasteiger partial charge in [0, 0.05) is 24.7 Å². The highest BCUT2D eigenvalue weighted by molar-refractivity contribution is 5.95. The van der Waals surface area contributed by atoms with Crippen LogP contribution in [0.2, 0.25) is 0 Å². The Morgan fingerprint density at radius 1 is 1.12 bits per heavy atom. The zero-order valence-electron chi connectivity index (χ0n) is 19.4. The van der Waals surface area contributed by atoms with Gasteiger partial charge < -0.3 is 29.0 Å². The monoisotopic (exact) mass is 465 g/mol. The van der Waals surface area contributed by atoms with E-state index in [2.05, 4.69) is 10.5 Å². The van der Waals surface area contributed by atoms with Gasteiger partial charge in [-0.1, -0.05) is 31.1 Å². The lowest BCUT2D eigenvalue weighted by molar-refractivity contribution is 0.0705. The Balaban J connectivity index is 1.40. The lowest BCUT2D eigenvalue weighted by Gasteiger charge is -2.23. The van der Waals surface area contributed by atoms with E-state index in [1.807, 2.05) is 26.0 Å². The molecule has 178 valence electrons. The number of fused-ring (bicyclic) bond motifs is 1. The predicted octanol–water partition coefficient (Wildman–Crippen LogP) is 3.64. The molecule has 1 aliphatic heterocycles. The molecule has 9 nitrogen and oxygen atoms in total. The molecule has 2 heterocycles. The summed E-state index contributed by atoms with van der Waals surface area (Å²) in [4.78, 5) is 27.4. The molecule has 9 heteroatoms. The van der Waals surface area contributed by atoms with Crippen LogP contribution in [0.25, 0.3) is 0 Å². The van der Waals surface area contributed by atoms with E-state index in [0.717, 1.165) is 5.56 Å². The Kier molecular flexibility index (Phi) is 7.01. The third-order valence-corrected chi connectivity index (χ3v) is 5.22. The van der Waals surface area contributed by atoms with Crippen LogP contribution in [0.3, 0.4) is 0 Å². The summed E-state index contributed by atoms with van der Waals surface area (Å²) in [6, 6.07) is 14.0. The number of hydrogen-bond acceptors (Lipinski definition) is 7. The average Bonchev–Trinajstić information content (AvgIpc) is 3.50. The molecule has 0 bridgehead atoms. The molecule has 0 radical (unpaired) electrons. The van der Waals surface area contributed by atoms with Gasteiger partial charge in [-0.3, -0.25) is 9.59 Å². The van der Waals surface area contributed by atoms with Crippen molar-refractivity contribution in [2.45, 2.75) is 26.9 Å². The molecule has 0 saturated heterocycles. The van der Waals surface area contributed by atoms with Gasteiger partial charge in [-0.15, -0.1) is 0 Å². The Hall–Kier alpha value is -4.01. The van der Waals surface area contributed by atoms with Crippen molar-refractivity contribution in [3.05, 3.63) is 71.1 Å². The molecule has 1 aliphatic rings. The van der Waals surface area contributed by atoms with Gasteiger partial charge in [-0.05, 0) is 41.8 Å². The predicted molar refractivity (Wildman–Crippen MR) is 123 cm³/mol. The highest BCUT2D eigenvalue weighted by Crippen LogP contribution is 2.32. The van der Waals surface area contributed by atoms with E-state index in [0.29, 0.717) is 41.7 Å². The summed E-state index contributed by atoms with van der Waals surface area (Å²) in [6.07, 6.45) is 0. The second kappa shape index (κ2) is 10.3. The van der Waals surface area contributed by atoms with Crippen molar-refractivity contribution in [2.75, 3.05) is 20.4 Å². The third-order valence-electron chi connectivity index (χ3n) is 5.22. The number of methoxy groups -OCH3 is 1. The quantitative estimate of drug-likeness (QED) is 0.515. The molecule has 4 rings (SSSR count). The second-order valence-corrected chi connectivity index (χ2v) is 8.36. The average molecular weight is 466 g/mol. The number of carbonyl (C=O) groups excluding carboxylic acids is 2. The van der Waals surface area contributed by atoms with E-state index in [-0.39, 0.29) is 36.8 Å². The van der Waals surface area contributed by atoms with Crippen LogP contribution in [0.5, 0.6) is 17.2 Å². The second-order valence-electron chi connectivity index (χ2n) is 8.36. The molecule has 0 spiro atoms. The number of rotatable bonds is 9. The van der Waals surface area contributed by atoms with Crippen LogP contribution in [0.15, 0.2) is 53.1 Å². The van der Waals surface area contributed by atoms with E-state index < -0.39 is 0 Å². The van der Waals surface area contributed by atoms with E-state index in [4.69, 9.17) is 18.7 Å². The molecular weight excluding hydrogens is 438 g/mol. The SMILES string of the molecule is COc1cccc(C(=O)N(Cc2cc(C(=O)NCc3ccc4c(c3)OCO4)no2)CC(C)C)c1. The number of amides is 2. The van der Waals surface area contributed by atoms with Crippen LogP contribution >= 0.6 is 0 Å². The molecular formula is C25H27N3O6. The maximum Gasteiger partial charge on any atom is 0.273 e. The molecule has 34 heavy (non-hydrogen) atoms. The molecule has 1 aromatic heterocycles. The van der Waals surface area contributed by atoms with Crippen molar-refractivity contribution in [3.63, 3.8) is 0 Å². The highest BCUT2D eigenvalue weighted by atomic mass is 16.7. The highest BCUT2D eigenvalue weighted by Gasteiger charge is 2.21. The van der Waals surface area contributed by atoms with Crippen LogP contribution < -0.4 is 19.5 Å². The Labute approximate surface area is 197 Å². The van der Waals surface area contributed by atoms with Gasteiger partial charge in [0.05, 0.1) is 13.7 Å². The van der Waals surface area contributed by atoms with Gasteiger partial charge in [0.2, 0.25) is 6.79 Å². The molecule has 2 aromatic carbocycles. The zero-order valence-corrected chi connectivity index (χ0v) is 19.4. The van der Waals surface area contributed by atoms with Crippen LogP contribution in [0, 0.1) is 5.92 Å². The van der Waals surface area contributed by atoms with Crippen molar-refractivity contribution in [1.82, 2.24) is 15.4 Å². The molecule has 0 unspecified atom stereocenters. The summed E-state index contributed by atoms with van der Waals surface area (Å²) in [7, 11) is 1.56. The zero-order chi connectivity index (χ0) is 24.1. The van der Waals surface area contributed by atoms with Gasteiger partial charge in [0.1, 0.15) is 5.75 Å². The van der Waals surface area contributed by atoms with Gasteiger partial charge in [0.15, 0.2) is 23.0 Å². The van der Waals surface area contributed by atoms with Crippen LogP contribution in [0.4, 0.5) is 0 Å². The first-order valence-electron chi connectivity index (χ1n) is 11.0. The maximum absolute atomic E-state index is 13.1. The molecule has 0 saturated carbocycles. The first-order chi connectivity index (χ1) is 16.4. The summed E-state index contributed by atoms with van der Waals surface area (Å²) < 4.78 is 21.3. The summed E-state index contributed by atoms with van der Waals surface area (Å²) in [5.74, 6) is 2.08. The van der Waals surface area contributed by atoms with Gasteiger partial charge in [-0.2, -0.15) is 0 Å². The number of nitrogens with one attached hydrogen (secondary N) is 1. The minimum absolute atomic E-state index is 0.147. The lowest BCUT2D eigenvalue weighted by atomic mass is 10.1. The summed E-state index contributed by atoms with van der Waals surface area (Å²) in [5.41, 5.74) is 1.53. The first-order valence-corrected chi connectivity index (χ1v) is 11.0. The number of benzene rings is 2. The lowest BCUT2D eigenvalue weighted by Crippen LogP contribution is -2.33. The van der Waals surface area contributed by atoms with Gasteiger partial charge >= 0.3 is 0 Å². The number of aromatic nitrogens is 1. The van der Waals surface area contributed by atoms with Crippen LogP contribution in [0.1, 0.15) is 46.0 Å². The Bertz CT molecular complexity index is 1170. The Morgan fingerprint density at radius 2 is 1.94 bits per heavy atom. The summed E-state index contributed by atoms with van der Waals surface area (Å²) in [6.45, 7) is 5.26. The summed E-state index contributed by atoms with van der Waals surface area (Å²) >= 11 is 0. The maximum atomic E-state index is 13.1. The van der Waals surface area contributed by atoms with Crippen molar-refractivity contribution in [2.24, 2.45) is 5.92 Å². The molecule has 0 aliphatic carbocycles. The van der Waals surface area contributed by atoms with Crippen molar-refractivity contribution < 1.29 is 28.3 Å². The normalized spacial score (nSPS) is 12.0. The van der Waals surface area contributed by atoms with Crippen LogP contribution in [-0.4, -0.2) is 42.3 Å². The van der Waals surface area contributed by atoms with Crippen molar-refractivity contribution in [1.29, 1.82) is 0 Å². The minimum atomic E-state index is -0.373. The first kappa shape index (κ1) is 23.2.